The molecular formula is C18H16Cl3FN2O4S. The van der Waals surface area contributed by atoms with Crippen LogP contribution in [0.5, 0.6) is 5.75 Å². The summed E-state index contributed by atoms with van der Waals surface area (Å²) in [6, 6.07) is 5.79. The number of phenols is 1. The first-order valence-corrected chi connectivity index (χ1v) is 11.1. The third-order valence-corrected chi connectivity index (χ3v) is 7.54. The summed E-state index contributed by atoms with van der Waals surface area (Å²) in [6.45, 7) is 0.519. The van der Waals surface area contributed by atoms with E-state index in [9.17, 15) is 22.7 Å². The number of carbonyl (C=O) groups is 1. The molecule has 1 fully saturated rings. The average Bonchev–Trinajstić information content (AvgIpc) is 2.94. The standard InChI is InChI=1S/C18H16Cl3FN2O4S/c19-13-10-14(20)17(25)15(16(13)21)18(26)23-6-1-7-24(9-8-23)29(27,28)12-4-2-11(22)3-5-12/h2-5,10,25H,1,6-9H2. The number of sulfonamides is 1. The maximum absolute atomic E-state index is 13.1. The number of rotatable bonds is 3. The van der Waals surface area contributed by atoms with Crippen LogP contribution in [0.2, 0.25) is 15.1 Å². The Hall–Kier alpha value is -1.58. The number of amides is 1. The molecular weight excluding hydrogens is 466 g/mol. The van der Waals surface area contributed by atoms with Crippen molar-refractivity contribution >= 4 is 50.7 Å². The molecule has 1 aliphatic rings. The molecule has 11 heteroatoms. The van der Waals surface area contributed by atoms with Crippen LogP contribution in [0.1, 0.15) is 16.8 Å². The molecule has 1 saturated heterocycles. The van der Waals surface area contributed by atoms with E-state index in [-0.39, 0.29) is 51.7 Å². The molecule has 156 valence electrons. The summed E-state index contributed by atoms with van der Waals surface area (Å²) >= 11 is 17.9. The van der Waals surface area contributed by atoms with E-state index in [2.05, 4.69) is 0 Å². The van der Waals surface area contributed by atoms with E-state index in [4.69, 9.17) is 34.8 Å². The van der Waals surface area contributed by atoms with Crippen LogP contribution in [0.3, 0.4) is 0 Å². The number of benzene rings is 2. The van der Waals surface area contributed by atoms with Crippen LogP contribution < -0.4 is 0 Å². The zero-order valence-corrected chi connectivity index (χ0v) is 18.0. The molecule has 0 unspecified atom stereocenters. The lowest BCUT2D eigenvalue weighted by molar-refractivity contribution is 0.0761. The van der Waals surface area contributed by atoms with Crippen LogP contribution in [0.15, 0.2) is 35.2 Å². The molecule has 0 aliphatic carbocycles. The summed E-state index contributed by atoms with van der Waals surface area (Å²) in [5.74, 6) is -1.61. The van der Waals surface area contributed by atoms with Crippen molar-refractivity contribution in [1.29, 1.82) is 0 Å². The van der Waals surface area contributed by atoms with Crippen molar-refractivity contribution in [2.45, 2.75) is 11.3 Å². The van der Waals surface area contributed by atoms with E-state index in [1.54, 1.807) is 0 Å². The first-order valence-electron chi connectivity index (χ1n) is 8.54. The fourth-order valence-electron chi connectivity index (χ4n) is 3.03. The summed E-state index contributed by atoms with van der Waals surface area (Å²) in [4.78, 5) is 14.3. The van der Waals surface area contributed by atoms with Crippen LogP contribution in [-0.4, -0.2) is 54.8 Å². The zero-order chi connectivity index (χ0) is 21.3. The molecule has 0 bridgehead atoms. The lowest BCUT2D eigenvalue weighted by atomic mass is 10.1. The second kappa shape index (κ2) is 8.65. The number of halogens is 4. The van der Waals surface area contributed by atoms with Gasteiger partial charge in [0.2, 0.25) is 10.0 Å². The van der Waals surface area contributed by atoms with Gasteiger partial charge in [0, 0.05) is 26.2 Å². The van der Waals surface area contributed by atoms with Gasteiger partial charge in [-0.25, -0.2) is 12.8 Å². The maximum Gasteiger partial charge on any atom is 0.259 e. The Balaban J connectivity index is 1.82. The van der Waals surface area contributed by atoms with E-state index in [1.165, 1.54) is 27.4 Å². The molecule has 2 aromatic rings. The number of aromatic hydroxyl groups is 1. The SMILES string of the molecule is O=C(c1c(O)c(Cl)cc(Cl)c1Cl)N1CCCN(S(=O)(=O)c2ccc(F)cc2)CC1. The third-order valence-electron chi connectivity index (χ3n) is 4.55. The van der Waals surface area contributed by atoms with Crippen molar-refractivity contribution in [3.63, 3.8) is 0 Å². The summed E-state index contributed by atoms with van der Waals surface area (Å²) in [5, 5.41) is 9.95. The highest BCUT2D eigenvalue weighted by atomic mass is 35.5. The van der Waals surface area contributed by atoms with Gasteiger partial charge in [0.05, 0.1) is 20.0 Å². The van der Waals surface area contributed by atoms with Crippen molar-refractivity contribution in [2.24, 2.45) is 0 Å². The number of phenolic OH excluding ortho intramolecular Hbond substituents is 1. The van der Waals surface area contributed by atoms with E-state index >= 15 is 0 Å². The van der Waals surface area contributed by atoms with Crippen molar-refractivity contribution < 1.29 is 22.7 Å². The highest BCUT2D eigenvalue weighted by molar-refractivity contribution is 7.89. The largest absolute Gasteiger partial charge is 0.505 e. The molecule has 1 amide bonds. The Morgan fingerprint density at radius 2 is 1.66 bits per heavy atom. The molecule has 1 N–H and O–H groups in total. The first-order chi connectivity index (χ1) is 13.6. The fraction of sp³-hybridized carbons (Fsp3) is 0.278. The van der Waals surface area contributed by atoms with Gasteiger partial charge in [-0.15, -0.1) is 0 Å². The van der Waals surface area contributed by atoms with Gasteiger partial charge >= 0.3 is 0 Å². The minimum absolute atomic E-state index is 0.0214. The summed E-state index contributed by atoms with van der Waals surface area (Å²) < 4.78 is 39.9. The minimum atomic E-state index is -3.83. The van der Waals surface area contributed by atoms with Crippen molar-refractivity contribution in [2.75, 3.05) is 26.2 Å². The molecule has 1 aliphatic heterocycles. The average molecular weight is 482 g/mol. The molecule has 0 atom stereocenters. The van der Waals surface area contributed by atoms with E-state index in [0.29, 0.717) is 6.42 Å². The lowest BCUT2D eigenvalue weighted by Crippen LogP contribution is -2.37. The molecule has 3 rings (SSSR count). The second-order valence-electron chi connectivity index (χ2n) is 6.38. The first kappa shape index (κ1) is 22.1. The molecule has 29 heavy (non-hydrogen) atoms. The number of hydrogen-bond acceptors (Lipinski definition) is 4. The minimum Gasteiger partial charge on any atom is -0.505 e. The predicted octanol–water partition coefficient (Wildman–Crippen LogP) is 4.03. The van der Waals surface area contributed by atoms with Gasteiger partial charge in [-0.1, -0.05) is 34.8 Å². The molecule has 2 aromatic carbocycles. The van der Waals surface area contributed by atoms with Gasteiger partial charge in [-0.3, -0.25) is 4.79 Å². The van der Waals surface area contributed by atoms with Crippen LogP contribution in [0.25, 0.3) is 0 Å². The second-order valence-corrected chi connectivity index (χ2v) is 9.51. The molecule has 6 nitrogen and oxygen atoms in total. The topological polar surface area (TPSA) is 77.9 Å². The Bertz CT molecular complexity index is 1020. The zero-order valence-electron chi connectivity index (χ0n) is 14.9. The van der Waals surface area contributed by atoms with Crippen LogP contribution in [0.4, 0.5) is 4.39 Å². The Morgan fingerprint density at radius 1 is 1.00 bits per heavy atom. The van der Waals surface area contributed by atoms with E-state index < -0.39 is 27.5 Å². The number of nitrogens with zero attached hydrogens (tertiary/aromatic N) is 2. The van der Waals surface area contributed by atoms with E-state index in [1.807, 2.05) is 0 Å². The van der Waals surface area contributed by atoms with Crippen LogP contribution >= 0.6 is 34.8 Å². The normalized spacial score (nSPS) is 15.9. The summed E-state index contributed by atoms with van der Waals surface area (Å²) in [6.07, 6.45) is 0.360. The Kier molecular flexibility index (Phi) is 6.60. The van der Waals surface area contributed by atoms with Crippen molar-refractivity contribution in [3.8, 4) is 5.75 Å². The van der Waals surface area contributed by atoms with Gasteiger partial charge in [0.15, 0.2) is 0 Å². The molecule has 0 aromatic heterocycles. The van der Waals surface area contributed by atoms with Crippen molar-refractivity contribution in [3.05, 3.63) is 56.8 Å². The van der Waals surface area contributed by atoms with Crippen molar-refractivity contribution in [1.82, 2.24) is 9.21 Å². The third kappa shape index (κ3) is 4.46. The summed E-state index contributed by atoms with van der Waals surface area (Å²) in [5.41, 5.74) is -0.223. The monoisotopic (exact) mass is 480 g/mol. The highest BCUT2D eigenvalue weighted by Gasteiger charge is 2.31. The number of carbonyl (C=O) groups excluding carboxylic acids is 1. The van der Waals surface area contributed by atoms with Gasteiger partial charge in [-0.2, -0.15) is 4.31 Å². The Labute approximate surface area is 182 Å². The van der Waals surface area contributed by atoms with Crippen LogP contribution in [-0.2, 0) is 10.0 Å². The molecule has 0 saturated carbocycles. The smallest absolute Gasteiger partial charge is 0.259 e. The maximum atomic E-state index is 13.1. The predicted molar refractivity (Wildman–Crippen MR) is 109 cm³/mol. The molecule has 1 heterocycles. The number of hydrogen-bond donors (Lipinski definition) is 1. The van der Waals surface area contributed by atoms with Gasteiger partial charge < -0.3 is 10.0 Å². The van der Waals surface area contributed by atoms with Gasteiger partial charge in [-0.05, 0) is 36.8 Å². The summed E-state index contributed by atoms with van der Waals surface area (Å²) in [7, 11) is -3.83. The molecule has 0 spiro atoms. The molecule has 0 radical (unpaired) electrons. The van der Waals surface area contributed by atoms with Gasteiger partial charge in [0.1, 0.15) is 17.1 Å². The fourth-order valence-corrected chi connectivity index (χ4v) is 5.19. The lowest BCUT2D eigenvalue weighted by Gasteiger charge is -2.23. The van der Waals surface area contributed by atoms with Gasteiger partial charge in [0.25, 0.3) is 5.91 Å². The highest BCUT2D eigenvalue weighted by Crippen LogP contribution is 2.39. The van der Waals surface area contributed by atoms with E-state index in [0.717, 1.165) is 12.1 Å². The quantitative estimate of drug-likeness (QED) is 0.672. The Morgan fingerprint density at radius 3 is 2.31 bits per heavy atom. The van der Waals surface area contributed by atoms with Crippen LogP contribution in [0, 0.1) is 5.82 Å².